The number of benzene rings is 14. The van der Waals surface area contributed by atoms with Crippen molar-refractivity contribution in [2.75, 3.05) is 0 Å². The SMILES string of the molecule is CC1=C(C(=O)c2ccc(C)cc2)C(=O)c2ccccc2C1=O.CC1=C(C(=O)c2ccc(C)cc2)C(=O)c2ccccc2C1=O.CC1=C(C(=O)c2ccccc2)C(=O)c2ccccc2C1=O.CC1=C(Cc2ccc(C)cc2)C(=O)c2ccccc2C1=O.CC1=C(Cc2ccccc2)C(=O)c2c(O)cccc2C1=O.CC1=C(Cc2ccccc2)C(=O)c2ccccc2C1=O.CCC(C1=C(C)C(=O)c2ccccc2C1=O)c1ccccc1. The van der Waals surface area contributed by atoms with Gasteiger partial charge in [-0.2, -0.15) is 0 Å². The number of rotatable bonds is 15. The lowest BCUT2D eigenvalue weighted by Crippen LogP contribution is -2.25. The molecule has 1 N–H and O–H groups in total. The van der Waals surface area contributed by atoms with Gasteiger partial charge in [-0.1, -0.05) is 375 Å². The molecule has 7 aliphatic rings. The summed E-state index contributed by atoms with van der Waals surface area (Å²) in [5.41, 5.74) is 19.3. The topological polar surface area (TPSA) is 310 Å². The third kappa shape index (κ3) is 22.0. The number of aryl methyl sites for hydroxylation is 3. The first-order valence-electron chi connectivity index (χ1n) is 48.6. The van der Waals surface area contributed by atoms with E-state index in [4.69, 9.17) is 0 Å². The molecule has 0 aliphatic heterocycles. The molecule has 7 aliphatic carbocycles. The van der Waals surface area contributed by atoms with Crippen molar-refractivity contribution in [3.63, 3.8) is 0 Å². The summed E-state index contributed by atoms with van der Waals surface area (Å²) in [6.45, 7) is 19.5. The summed E-state index contributed by atoms with van der Waals surface area (Å²) in [6.07, 6.45) is 2.19. The van der Waals surface area contributed by atoms with Gasteiger partial charge in [-0.15, -0.1) is 0 Å². The van der Waals surface area contributed by atoms with Crippen LogP contribution in [0.25, 0.3) is 0 Å². The minimum Gasteiger partial charge on any atom is -0.507 e. The Morgan fingerprint density at radius 2 is 0.436 bits per heavy atom. The first-order chi connectivity index (χ1) is 71.6. The fourth-order valence-electron chi connectivity index (χ4n) is 18.9. The van der Waals surface area contributed by atoms with Crippen molar-refractivity contribution in [1.29, 1.82) is 0 Å². The van der Waals surface area contributed by atoms with Gasteiger partial charge in [0, 0.05) is 175 Å². The molecule has 1 atom stereocenters. The monoisotopic (exact) mass is 1960 g/mol. The lowest BCUT2D eigenvalue weighted by molar-refractivity contribution is 0.0922. The Kier molecular flexibility index (Phi) is 32.4. The number of aromatic hydroxyl groups is 1. The van der Waals surface area contributed by atoms with Gasteiger partial charge in [0.15, 0.2) is 98.3 Å². The van der Waals surface area contributed by atoms with Gasteiger partial charge in [0.05, 0.1) is 22.3 Å². The maximum absolute atomic E-state index is 12.9. The number of fused-ring (bicyclic) bond motifs is 7. The number of phenolic OH excluding ortho intramolecular Hbond substituents is 1. The predicted molar refractivity (Wildman–Crippen MR) is 573 cm³/mol. The summed E-state index contributed by atoms with van der Waals surface area (Å²) in [5.74, 6) is -3.89. The smallest absolute Gasteiger partial charge is 0.198 e. The minimum atomic E-state index is -0.402. The molecule has 0 spiro atoms. The maximum Gasteiger partial charge on any atom is 0.198 e. The summed E-state index contributed by atoms with van der Waals surface area (Å²) in [5, 5.41) is 9.92. The van der Waals surface area contributed by atoms with Crippen LogP contribution in [0.5, 0.6) is 5.75 Å². The molecule has 14 aromatic carbocycles. The fourth-order valence-corrected chi connectivity index (χ4v) is 18.9. The van der Waals surface area contributed by atoms with Crippen LogP contribution >= 0.6 is 0 Å². The molecule has 734 valence electrons. The van der Waals surface area contributed by atoms with Crippen LogP contribution in [0.4, 0.5) is 0 Å². The second kappa shape index (κ2) is 46.0. The van der Waals surface area contributed by atoms with Crippen LogP contribution in [0.1, 0.15) is 283 Å². The second-order valence-electron chi connectivity index (χ2n) is 36.9. The fraction of sp³-hybridized carbons (Fsp3) is 0.122. The average molecular weight is 1960 g/mol. The number of Topliss-reactive ketones (excluding diaryl/α,β-unsaturated/α-hetero) is 17. The first kappa shape index (κ1) is 105. The lowest BCUT2D eigenvalue weighted by atomic mass is 9.76. The lowest BCUT2D eigenvalue weighted by Gasteiger charge is -2.25. The molecule has 18 nitrogen and oxygen atoms in total. The number of carbonyl (C=O) groups is 17. The molecule has 0 fully saturated rings. The molecule has 0 amide bonds. The molecule has 21 rings (SSSR count). The molecule has 0 saturated heterocycles. The van der Waals surface area contributed by atoms with E-state index in [2.05, 4.69) is 6.92 Å². The van der Waals surface area contributed by atoms with Crippen molar-refractivity contribution in [1.82, 2.24) is 0 Å². The van der Waals surface area contributed by atoms with Crippen LogP contribution in [-0.2, 0) is 19.3 Å². The van der Waals surface area contributed by atoms with E-state index in [0.717, 1.165) is 39.8 Å². The third-order valence-electron chi connectivity index (χ3n) is 27.3. The summed E-state index contributed by atoms with van der Waals surface area (Å²) in [4.78, 5) is 213. The Balaban J connectivity index is 0.000000130. The molecule has 0 aromatic heterocycles. The predicted octanol–water partition coefficient (Wildman–Crippen LogP) is 25.9. The minimum absolute atomic E-state index is 0.0107. The van der Waals surface area contributed by atoms with E-state index in [1.165, 1.54) is 32.4 Å². The van der Waals surface area contributed by atoms with Gasteiger partial charge in [-0.3, -0.25) is 81.5 Å². The highest BCUT2D eigenvalue weighted by atomic mass is 16.3. The third-order valence-corrected chi connectivity index (χ3v) is 27.3. The quantitative estimate of drug-likeness (QED) is 0.0736. The van der Waals surface area contributed by atoms with Crippen molar-refractivity contribution in [3.05, 3.63) is 569 Å². The van der Waals surface area contributed by atoms with Gasteiger partial charge in [-0.05, 0) is 104 Å². The molecule has 0 bridgehead atoms. The van der Waals surface area contributed by atoms with Crippen molar-refractivity contribution >= 4 is 98.3 Å². The van der Waals surface area contributed by atoms with E-state index >= 15 is 0 Å². The molecule has 18 heteroatoms. The summed E-state index contributed by atoms with van der Waals surface area (Å²) >= 11 is 0. The number of hydrogen-bond acceptors (Lipinski definition) is 18. The highest BCUT2D eigenvalue weighted by Crippen LogP contribution is 2.41. The largest absolute Gasteiger partial charge is 0.507 e. The van der Waals surface area contributed by atoms with Crippen molar-refractivity contribution in [2.45, 2.75) is 108 Å². The van der Waals surface area contributed by atoms with Crippen molar-refractivity contribution in [3.8, 4) is 5.75 Å². The molecule has 1 unspecified atom stereocenters. The van der Waals surface area contributed by atoms with Crippen LogP contribution in [-0.4, -0.2) is 103 Å². The number of ketones is 17. The standard InChI is InChI=1S/C20H18O2.2C19H14O3.C19H16O2.C18H12O3.C18H14O3.C18H14O2/c1-3-15(14-9-5-4-6-10-14)18-13(2)19(21)16-11-7-8-12-17(16)20(18)22;2*1-11-7-9-13(10-8-11)18(21)16-12(2)17(20)14-5-3-4-6-15(14)19(16)22;1-12-7-9-14(10-8-12)11-17-13(2)18(20)15-5-3-4-6-16(15)19(17)21;1-11-15(17(20)12-7-3-2-4-8-12)18(21)14-10-6-5-9-13(14)16(11)19;1-11-14(10-12-6-3-2-4-7-12)18(21)16-13(17(11)20)8-5-9-15(16)19;1-12-16(11-13-7-3-2-4-8-13)18(20)15-10-6-5-9-14(15)17(12)19/h4-12,15H,3H2,1-2H3;2*3-10H,1-2H3;3-10H,11H2,1-2H3;2-10H,1H3;2-9,19H,10H2,1H3;2-10H,11H2,1H3. The van der Waals surface area contributed by atoms with Gasteiger partial charge in [-0.25, -0.2) is 0 Å². The van der Waals surface area contributed by atoms with E-state index in [0.29, 0.717) is 147 Å². The zero-order chi connectivity index (χ0) is 106. The Morgan fingerprint density at radius 1 is 0.208 bits per heavy atom. The summed E-state index contributed by atoms with van der Waals surface area (Å²) in [7, 11) is 0. The molecular weight excluding hydrogens is 1860 g/mol. The molecule has 14 aromatic rings. The zero-order valence-corrected chi connectivity index (χ0v) is 83.9. The number of hydrogen-bond donors (Lipinski definition) is 1. The Hall–Kier alpha value is -18.6. The van der Waals surface area contributed by atoms with Crippen LogP contribution in [0, 0.1) is 20.8 Å². The molecular formula is C131H102O18. The Labute approximate surface area is 862 Å². The van der Waals surface area contributed by atoms with E-state index in [-0.39, 0.29) is 137 Å². The van der Waals surface area contributed by atoms with Crippen LogP contribution in [0.2, 0.25) is 0 Å². The van der Waals surface area contributed by atoms with Crippen molar-refractivity contribution in [2.24, 2.45) is 0 Å². The van der Waals surface area contributed by atoms with Crippen LogP contribution in [0.15, 0.2) is 436 Å². The van der Waals surface area contributed by atoms with Gasteiger partial charge in [0.25, 0.3) is 0 Å². The number of carbonyl (C=O) groups excluding carboxylic acids is 17. The normalized spacial score (nSPS) is 14.5. The molecule has 0 saturated carbocycles. The molecule has 0 heterocycles. The molecule has 149 heavy (non-hydrogen) atoms. The Morgan fingerprint density at radius 3 is 0.752 bits per heavy atom. The van der Waals surface area contributed by atoms with E-state index in [1.54, 1.807) is 234 Å². The number of allylic oxidation sites excluding steroid dienone is 14. The summed E-state index contributed by atoms with van der Waals surface area (Å²) < 4.78 is 0. The Bertz CT molecular complexity index is 8060. The van der Waals surface area contributed by atoms with Gasteiger partial charge >= 0.3 is 0 Å². The van der Waals surface area contributed by atoms with E-state index in [1.807, 2.05) is 166 Å². The van der Waals surface area contributed by atoms with Crippen molar-refractivity contribution < 1.29 is 86.6 Å². The molecule has 0 radical (unpaired) electrons. The first-order valence-corrected chi connectivity index (χ1v) is 48.6. The van der Waals surface area contributed by atoms with E-state index in [9.17, 15) is 86.6 Å². The van der Waals surface area contributed by atoms with Gasteiger partial charge in [0.1, 0.15) is 5.75 Å². The highest BCUT2D eigenvalue weighted by Gasteiger charge is 2.41. The van der Waals surface area contributed by atoms with Crippen LogP contribution in [0.3, 0.4) is 0 Å². The van der Waals surface area contributed by atoms with Gasteiger partial charge in [0.2, 0.25) is 0 Å². The highest BCUT2D eigenvalue weighted by molar-refractivity contribution is 6.42. The van der Waals surface area contributed by atoms with Crippen LogP contribution < -0.4 is 0 Å². The maximum atomic E-state index is 12.9. The zero-order valence-electron chi connectivity index (χ0n) is 83.9. The second-order valence-corrected chi connectivity index (χ2v) is 36.9. The van der Waals surface area contributed by atoms with E-state index < -0.39 is 17.3 Å². The average Bonchev–Trinajstić information content (AvgIpc) is 0.648. The van der Waals surface area contributed by atoms with Gasteiger partial charge < -0.3 is 5.11 Å². The number of phenols is 1. The summed E-state index contributed by atoms with van der Waals surface area (Å²) in [6, 6.07) is 105.